The van der Waals surface area contributed by atoms with Crippen LogP contribution in [0.2, 0.25) is 0 Å². The number of aliphatic hydroxyl groups is 1. The largest absolute Gasteiger partial charge is 0.390 e. The zero-order valence-electron chi connectivity index (χ0n) is 16.5. The van der Waals surface area contributed by atoms with Crippen molar-refractivity contribution in [2.75, 3.05) is 13.6 Å². The summed E-state index contributed by atoms with van der Waals surface area (Å²) in [6.45, 7) is 5.20. The Morgan fingerprint density at radius 2 is 1.81 bits per heavy atom. The fraction of sp³-hybridized carbons (Fsp3) is 0.435. The highest BCUT2D eigenvalue weighted by molar-refractivity contribution is 5.94. The molecule has 0 bridgehead atoms. The normalized spacial score (nSPS) is 17.4. The summed E-state index contributed by atoms with van der Waals surface area (Å²) in [7, 11) is 2.12. The summed E-state index contributed by atoms with van der Waals surface area (Å²) in [4.78, 5) is 14.8. The van der Waals surface area contributed by atoms with E-state index in [-0.39, 0.29) is 5.91 Å². The van der Waals surface area contributed by atoms with Gasteiger partial charge in [0.15, 0.2) is 0 Å². The topological polar surface area (TPSA) is 52.6 Å². The highest BCUT2D eigenvalue weighted by atomic mass is 16.3. The van der Waals surface area contributed by atoms with Crippen LogP contribution in [0.15, 0.2) is 48.5 Å². The maximum absolute atomic E-state index is 12.5. The Morgan fingerprint density at radius 1 is 1.15 bits per heavy atom. The molecule has 2 aromatic rings. The van der Waals surface area contributed by atoms with E-state index < -0.39 is 5.60 Å². The molecule has 0 spiro atoms. The van der Waals surface area contributed by atoms with Crippen molar-refractivity contribution < 1.29 is 9.90 Å². The molecule has 1 aliphatic heterocycles. The average Bonchev–Trinajstić information content (AvgIpc) is 2.64. The van der Waals surface area contributed by atoms with Crippen molar-refractivity contribution in [1.82, 2.24) is 10.2 Å². The molecule has 4 heteroatoms. The van der Waals surface area contributed by atoms with Crippen molar-refractivity contribution in [2.24, 2.45) is 0 Å². The van der Waals surface area contributed by atoms with Gasteiger partial charge in [-0.05, 0) is 69.0 Å². The Morgan fingerprint density at radius 3 is 2.48 bits per heavy atom. The molecule has 2 aromatic carbocycles. The smallest absolute Gasteiger partial charge is 0.251 e. The summed E-state index contributed by atoms with van der Waals surface area (Å²) in [5.41, 5.74) is 3.91. The second-order valence-corrected chi connectivity index (χ2v) is 8.26. The fourth-order valence-corrected chi connectivity index (χ4v) is 3.53. The summed E-state index contributed by atoms with van der Waals surface area (Å²) in [5.74, 6) is -0.0312. The van der Waals surface area contributed by atoms with Gasteiger partial charge in [-0.2, -0.15) is 0 Å². The number of amides is 1. The van der Waals surface area contributed by atoms with Gasteiger partial charge in [0.1, 0.15) is 0 Å². The van der Waals surface area contributed by atoms with Crippen molar-refractivity contribution in [3.8, 4) is 0 Å². The Kier molecular flexibility index (Phi) is 5.98. The summed E-state index contributed by atoms with van der Waals surface area (Å²) >= 11 is 0. The molecule has 1 unspecified atom stereocenters. The third-order valence-electron chi connectivity index (χ3n) is 5.36. The number of aryl methyl sites for hydroxylation is 1. The average molecular weight is 367 g/mol. The molecule has 1 heterocycles. The number of benzene rings is 2. The van der Waals surface area contributed by atoms with E-state index in [2.05, 4.69) is 41.5 Å². The van der Waals surface area contributed by atoms with E-state index >= 15 is 0 Å². The van der Waals surface area contributed by atoms with Crippen LogP contribution >= 0.6 is 0 Å². The molecular weight excluding hydrogens is 336 g/mol. The van der Waals surface area contributed by atoms with Crippen LogP contribution in [0.5, 0.6) is 0 Å². The molecule has 0 fully saturated rings. The zero-order valence-corrected chi connectivity index (χ0v) is 16.5. The molecule has 0 aromatic heterocycles. The maximum atomic E-state index is 12.5. The highest BCUT2D eigenvalue weighted by Gasteiger charge is 2.23. The quantitative estimate of drug-likeness (QED) is 0.826. The van der Waals surface area contributed by atoms with Gasteiger partial charge < -0.3 is 10.4 Å². The first-order chi connectivity index (χ1) is 12.8. The monoisotopic (exact) mass is 366 g/mol. The number of likely N-dealkylation sites (N-methyl/N-ethyl adjacent to an activating group) is 1. The van der Waals surface area contributed by atoms with Crippen molar-refractivity contribution in [2.45, 2.75) is 51.3 Å². The molecule has 144 valence electrons. The van der Waals surface area contributed by atoms with Gasteiger partial charge in [-0.3, -0.25) is 9.69 Å². The first kappa shape index (κ1) is 19.6. The van der Waals surface area contributed by atoms with Crippen molar-refractivity contribution in [3.63, 3.8) is 0 Å². The molecular formula is C23H30N2O2. The Hall–Kier alpha value is -2.17. The summed E-state index contributed by atoms with van der Waals surface area (Å²) < 4.78 is 0. The van der Waals surface area contributed by atoms with Crippen LogP contribution in [-0.2, 0) is 19.4 Å². The van der Waals surface area contributed by atoms with Gasteiger partial charge in [0.05, 0.1) is 5.60 Å². The summed E-state index contributed by atoms with van der Waals surface area (Å²) in [6, 6.07) is 16.5. The Labute approximate surface area is 162 Å². The number of carbonyl (C=O) groups excluding carboxylic acids is 1. The molecule has 3 rings (SSSR count). The number of hydrogen-bond donors (Lipinski definition) is 2. The lowest BCUT2D eigenvalue weighted by Crippen LogP contribution is -2.45. The molecule has 1 aliphatic rings. The van der Waals surface area contributed by atoms with E-state index in [4.69, 9.17) is 0 Å². The maximum Gasteiger partial charge on any atom is 0.251 e. The number of hydrogen-bond acceptors (Lipinski definition) is 3. The molecule has 4 nitrogen and oxygen atoms in total. The summed E-state index contributed by atoms with van der Waals surface area (Å²) in [5, 5.41) is 12.9. The predicted molar refractivity (Wildman–Crippen MR) is 109 cm³/mol. The van der Waals surface area contributed by atoms with Crippen LogP contribution in [-0.4, -0.2) is 41.1 Å². The van der Waals surface area contributed by atoms with E-state index in [1.165, 1.54) is 11.1 Å². The van der Waals surface area contributed by atoms with Crippen LogP contribution < -0.4 is 5.32 Å². The molecule has 0 radical (unpaired) electrons. The zero-order chi connectivity index (χ0) is 19.4. The minimum absolute atomic E-state index is 0.0312. The standard InChI is InChI=1S/C23H30N2O2/c1-23(2,27)13-12-17-8-10-18(11-9-17)22(26)24-15-21-14-19-6-4-5-7-20(19)16-25(21)3/h4-11,21,27H,12-16H2,1-3H3,(H,24,26). The number of nitrogens with one attached hydrogen (secondary N) is 1. The van der Waals surface area contributed by atoms with E-state index in [1.807, 2.05) is 38.1 Å². The molecule has 0 aliphatic carbocycles. The van der Waals surface area contributed by atoms with Crippen LogP contribution in [0.1, 0.15) is 47.3 Å². The minimum atomic E-state index is -0.666. The molecule has 0 saturated heterocycles. The molecule has 0 saturated carbocycles. The van der Waals surface area contributed by atoms with Crippen molar-refractivity contribution >= 4 is 5.91 Å². The van der Waals surface area contributed by atoms with Gasteiger partial charge in [0, 0.05) is 24.7 Å². The van der Waals surface area contributed by atoms with Gasteiger partial charge in [-0.1, -0.05) is 36.4 Å². The first-order valence-corrected chi connectivity index (χ1v) is 9.68. The third kappa shape index (κ3) is 5.41. The van der Waals surface area contributed by atoms with Gasteiger partial charge in [0.25, 0.3) is 5.91 Å². The van der Waals surface area contributed by atoms with Crippen LogP contribution in [0.25, 0.3) is 0 Å². The second-order valence-electron chi connectivity index (χ2n) is 8.26. The van der Waals surface area contributed by atoms with E-state index in [1.54, 1.807) is 0 Å². The number of nitrogens with zero attached hydrogens (tertiary/aromatic N) is 1. The molecule has 1 atom stereocenters. The molecule has 1 amide bonds. The predicted octanol–water partition coefficient (Wildman–Crippen LogP) is 3.18. The van der Waals surface area contributed by atoms with Gasteiger partial charge in [-0.15, -0.1) is 0 Å². The third-order valence-corrected chi connectivity index (χ3v) is 5.36. The van der Waals surface area contributed by atoms with Gasteiger partial charge >= 0.3 is 0 Å². The van der Waals surface area contributed by atoms with Crippen LogP contribution in [0.3, 0.4) is 0 Å². The SMILES string of the molecule is CN1Cc2ccccc2CC1CNC(=O)c1ccc(CCC(C)(C)O)cc1. The lowest BCUT2D eigenvalue weighted by atomic mass is 9.94. The number of fused-ring (bicyclic) bond motifs is 1. The second kappa shape index (κ2) is 8.24. The van der Waals surface area contributed by atoms with E-state index in [0.29, 0.717) is 24.6 Å². The highest BCUT2D eigenvalue weighted by Crippen LogP contribution is 2.21. The molecule has 2 N–H and O–H groups in total. The van der Waals surface area contributed by atoms with Crippen molar-refractivity contribution in [1.29, 1.82) is 0 Å². The number of rotatable bonds is 6. The van der Waals surface area contributed by atoms with Crippen molar-refractivity contribution in [3.05, 3.63) is 70.8 Å². The Bertz CT molecular complexity index is 778. The van der Waals surface area contributed by atoms with Crippen LogP contribution in [0, 0.1) is 0 Å². The van der Waals surface area contributed by atoms with Crippen LogP contribution in [0.4, 0.5) is 0 Å². The van der Waals surface area contributed by atoms with E-state index in [9.17, 15) is 9.90 Å². The van der Waals surface area contributed by atoms with Gasteiger partial charge in [-0.25, -0.2) is 0 Å². The number of carbonyl (C=O) groups is 1. The van der Waals surface area contributed by atoms with E-state index in [0.717, 1.165) is 24.9 Å². The first-order valence-electron chi connectivity index (χ1n) is 9.68. The Balaban J connectivity index is 1.53. The lowest BCUT2D eigenvalue weighted by molar-refractivity contribution is 0.0713. The van der Waals surface area contributed by atoms with Gasteiger partial charge in [0.2, 0.25) is 0 Å². The molecule has 27 heavy (non-hydrogen) atoms. The minimum Gasteiger partial charge on any atom is -0.390 e. The fourth-order valence-electron chi connectivity index (χ4n) is 3.53. The summed E-state index contributed by atoms with van der Waals surface area (Å²) in [6.07, 6.45) is 2.47. The lowest BCUT2D eigenvalue weighted by Gasteiger charge is -2.34.